The van der Waals surface area contributed by atoms with Gasteiger partial charge in [-0.05, 0) is 79.5 Å². The fraction of sp³-hybridized carbons (Fsp3) is 0.516. The number of ether oxygens (including phenoxy) is 1. The number of methoxy groups -OCH3 is 1. The van der Waals surface area contributed by atoms with Crippen molar-refractivity contribution in [3.63, 3.8) is 0 Å². The lowest BCUT2D eigenvalue weighted by molar-refractivity contribution is -0.125. The van der Waals surface area contributed by atoms with Gasteiger partial charge in [0.15, 0.2) is 6.29 Å². The minimum atomic E-state index is -1.77. The zero-order valence-electron chi connectivity index (χ0n) is 23.6. The van der Waals surface area contributed by atoms with E-state index in [2.05, 4.69) is 39.1 Å². The summed E-state index contributed by atoms with van der Waals surface area (Å²) in [7, 11) is 3.50. The lowest BCUT2D eigenvalue weighted by Gasteiger charge is -2.31. The summed E-state index contributed by atoms with van der Waals surface area (Å²) in [5, 5.41) is 15.9. The minimum Gasteiger partial charge on any atom is -0.380 e. The second-order valence-corrected chi connectivity index (χ2v) is 11.4. The van der Waals surface area contributed by atoms with E-state index in [9.17, 15) is 14.7 Å². The van der Waals surface area contributed by atoms with Gasteiger partial charge >= 0.3 is 0 Å². The average molecular weight is 518 g/mol. The number of carbonyl (C=O) groups is 1. The number of nitrogens with zero attached hydrogens (tertiary/aromatic N) is 2. The first-order valence-corrected chi connectivity index (χ1v) is 13.7. The first-order chi connectivity index (χ1) is 18.1. The number of fused-ring (bicyclic) bond motifs is 4. The van der Waals surface area contributed by atoms with E-state index in [1.165, 1.54) is 34.7 Å². The molecule has 2 aromatic heterocycles. The molecule has 7 nitrogen and oxygen atoms in total. The predicted octanol–water partition coefficient (Wildman–Crippen LogP) is 4.64. The number of aromatic nitrogens is 2. The molecule has 0 saturated carbocycles. The molecule has 1 unspecified atom stereocenters. The molecule has 3 heterocycles. The number of carbonyl (C=O) groups excluding carboxylic acids is 1. The highest BCUT2D eigenvalue weighted by Crippen LogP contribution is 2.46. The molecule has 0 fully saturated rings. The third-order valence-corrected chi connectivity index (χ3v) is 9.17. The molecule has 2 N–H and O–H groups in total. The van der Waals surface area contributed by atoms with E-state index in [0.717, 1.165) is 29.6 Å². The highest BCUT2D eigenvalue weighted by Gasteiger charge is 2.37. The van der Waals surface area contributed by atoms with Crippen LogP contribution in [-0.2, 0) is 34.7 Å². The van der Waals surface area contributed by atoms with Gasteiger partial charge < -0.3 is 19.7 Å². The van der Waals surface area contributed by atoms with Crippen molar-refractivity contribution in [3.8, 4) is 11.4 Å². The highest BCUT2D eigenvalue weighted by atomic mass is 16.5. The van der Waals surface area contributed by atoms with Gasteiger partial charge in [0, 0.05) is 35.2 Å². The van der Waals surface area contributed by atoms with Crippen molar-refractivity contribution >= 4 is 17.2 Å². The van der Waals surface area contributed by atoms with Crippen LogP contribution in [0.25, 0.3) is 22.3 Å². The molecule has 0 radical (unpaired) electrons. The highest BCUT2D eigenvalue weighted by molar-refractivity contribution is 5.93. The predicted molar refractivity (Wildman–Crippen MR) is 150 cm³/mol. The number of aryl methyl sites for hydroxylation is 1. The number of hydrogen-bond acceptors (Lipinski definition) is 6. The second kappa shape index (κ2) is 9.70. The molecule has 2 aliphatic rings. The van der Waals surface area contributed by atoms with Crippen molar-refractivity contribution in [2.75, 3.05) is 14.2 Å². The van der Waals surface area contributed by atoms with Crippen LogP contribution < -0.4 is 10.9 Å². The van der Waals surface area contributed by atoms with E-state index in [-0.39, 0.29) is 24.6 Å². The fourth-order valence-corrected chi connectivity index (χ4v) is 6.53. The van der Waals surface area contributed by atoms with Crippen molar-refractivity contribution in [3.05, 3.63) is 61.4 Å². The van der Waals surface area contributed by atoms with E-state index in [4.69, 9.17) is 9.72 Å². The topological polar surface area (TPSA) is 93.5 Å². The third-order valence-electron chi connectivity index (χ3n) is 9.17. The second-order valence-electron chi connectivity index (χ2n) is 11.4. The Bertz CT molecular complexity index is 1510. The van der Waals surface area contributed by atoms with Crippen molar-refractivity contribution in [1.29, 1.82) is 0 Å². The molecule has 5 rings (SSSR count). The SMILES string of the molecule is CC[C@@](O)(C=O)c1cc2n(c(=O)c1COC)Cc1c-2nc2cc(C(C)C(C)C)c(C)c3c2c1[C@H](NC)CC3. The van der Waals surface area contributed by atoms with Gasteiger partial charge in [-0.15, -0.1) is 0 Å². The number of nitrogens with one attached hydrogen (secondary N) is 1. The molecule has 0 bridgehead atoms. The molecule has 1 aliphatic heterocycles. The maximum Gasteiger partial charge on any atom is 0.257 e. The van der Waals surface area contributed by atoms with Gasteiger partial charge in [0.25, 0.3) is 5.56 Å². The molecular weight excluding hydrogens is 478 g/mol. The zero-order valence-corrected chi connectivity index (χ0v) is 23.6. The van der Waals surface area contributed by atoms with Crippen molar-refractivity contribution in [2.45, 2.75) is 84.6 Å². The molecule has 0 saturated heterocycles. The van der Waals surface area contributed by atoms with Crippen LogP contribution in [0.5, 0.6) is 0 Å². The Balaban J connectivity index is 1.87. The summed E-state index contributed by atoms with van der Waals surface area (Å²) >= 11 is 0. The molecular formula is C31H39N3O4. The van der Waals surface area contributed by atoms with Crippen LogP contribution in [0.15, 0.2) is 16.9 Å². The van der Waals surface area contributed by atoms with E-state index in [1.807, 2.05) is 7.05 Å². The maximum atomic E-state index is 13.8. The normalized spacial score (nSPS) is 18.4. The molecule has 38 heavy (non-hydrogen) atoms. The molecule has 1 aliphatic carbocycles. The Hall–Kier alpha value is -2.87. The lowest BCUT2D eigenvalue weighted by atomic mass is 9.78. The smallest absolute Gasteiger partial charge is 0.257 e. The van der Waals surface area contributed by atoms with Gasteiger partial charge in [0.2, 0.25) is 0 Å². The zero-order chi connectivity index (χ0) is 27.5. The third kappa shape index (κ3) is 3.78. The summed E-state index contributed by atoms with van der Waals surface area (Å²) in [5.74, 6) is 0.887. The summed E-state index contributed by atoms with van der Waals surface area (Å²) in [5.41, 5.74) is 7.28. The summed E-state index contributed by atoms with van der Waals surface area (Å²) in [6.07, 6.45) is 2.64. The van der Waals surface area contributed by atoms with E-state index >= 15 is 0 Å². The molecule has 7 heteroatoms. The van der Waals surface area contributed by atoms with Gasteiger partial charge in [-0.1, -0.05) is 27.7 Å². The number of benzene rings is 1. The average Bonchev–Trinajstić information content (AvgIpc) is 3.29. The lowest BCUT2D eigenvalue weighted by Crippen LogP contribution is -2.34. The van der Waals surface area contributed by atoms with Crippen LogP contribution in [0.4, 0.5) is 0 Å². The number of aldehydes is 1. The Morgan fingerprint density at radius 2 is 2.03 bits per heavy atom. The van der Waals surface area contributed by atoms with Gasteiger partial charge in [0.1, 0.15) is 5.60 Å². The van der Waals surface area contributed by atoms with Gasteiger partial charge in [0.05, 0.1) is 30.1 Å². The van der Waals surface area contributed by atoms with E-state index < -0.39 is 5.60 Å². The van der Waals surface area contributed by atoms with Crippen molar-refractivity contribution in [2.24, 2.45) is 5.92 Å². The van der Waals surface area contributed by atoms with Crippen molar-refractivity contribution in [1.82, 2.24) is 14.9 Å². The number of aliphatic hydroxyl groups is 1. The molecule has 0 amide bonds. The molecule has 3 aromatic rings. The van der Waals surface area contributed by atoms with Crippen LogP contribution in [0.2, 0.25) is 0 Å². The Morgan fingerprint density at radius 1 is 1.29 bits per heavy atom. The van der Waals surface area contributed by atoms with Crippen LogP contribution >= 0.6 is 0 Å². The summed E-state index contributed by atoms with van der Waals surface area (Å²) in [6.45, 7) is 11.2. The summed E-state index contributed by atoms with van der Waals surface area (Å²) < 4.78 is 7.07. The van der Waals surface area contributed by atoms with E-state index in [0.29, 0.717) is 41.5 Å². The first-order valence-electron chi connectivity index (χ1n) is 13.7. The first kappa shape index (κ1) is 26.7. The number of pyridine rings is 2. The fourth-order valence-electron chi connectivity index (χ4n) is 6.53. The Labute approximate surface area is 224 Å². The minimum absolute atomic E-state index is 0.0160. The number of rotatable bonds is 8. The van der Waals surface area contributed by atoms with Gasteiger partial charge in [-0.2, -0.15) is 0 Å². The largest absolute Gasteiger partial charge is 0.380 e. The Kier molecular flexibility index (Phi) is 6.83. The van der Waals surface area contributed by atoms with Gasteiger partial charge in [-0.3, -0.25) is 9.59 Å². The van der Waals surface area contributed by atoms with E-state index in [1.54, 1.807) is 17.6 Å². The monoisotopic (exact) mass is 517 g/mol. The quantitative estimate of drug-likeness (QED) is 0.331. The summed E-state index contributed by atoms with van der Waals surface area (Å²) in [4.78, 5) is 31.1. The van der Waals surface area contributed by atoms with Crippen LogP contribution in [0.3, 0.4) is 0 Å². The summed E-state index contributed by atoms with van der Waals surface area (Å²) in [6, 6.07) is 4.18. The number of hydrogen-bond donors (Lipinski definition) is 2. The van der Waals surface area contributed by atoms with Crippen LogP contribution in [0, 0.1) is 12.8 Å². The van der Waals surface area contributed by atoms with Crippen LogP contribution in [-0.4, -0.2) is 35.1 Å². The molecule has 1 aromatic carbocycles. The standard InChI is InChI=1S/C31H39N3O4/c1-8-31(37,15-35)23-12-26-29-21(13-34(26)30(36)22(23)14-38-7)28-24(32-6)10-9-19-18(5)20(17(4)16(2)3)11-25(33-29)27(19)28/h11-12,15-17,24,32,37H,8-10,13-14H2,1-7H3/t17?,24-,31-/m1/s1. The van der Waals surface area contributed by atoms with Crippen molar-refractivity contribution < 1.29 is 14.6 Å². The molecule has 202 valence electrons. The Morgan fingerprint density at radius 3 is 2.63 bits per heavy atom. The van der Waals surface area contributed by atoms with Gasteiger partial charge in [-0.25, -0.2) is 4.98 Å². The molecule has 0 spiro atoms. The maximum absolute atomic E-state index is 13.8. The van der Waals surface area contributed by atoms with Crippen LogP contribution in [0.1, 0.15) is 91.4 Å². The molecule has 3 atom stereocenters.